The lowest BCUT2D eigenvalue weighted by Gasteiger charge is -2.12. The Balaban J connectivity index is 2.00. The largest absolute Gasteiger partial charge is 0.497 e. The molecule has 0 bridgehead atoms. The molecule has 7 nitrogen and oxygen atoms in total. The van der Waals surface area contributed by atoms with E-state index in [4.69, 9.17) is 9.47 Å². The molecule has 0 fully saturated rings. The Bertz CT molecular complexity index is 762. The highest BCUT2D eigenvalue weighted by Gasteiger charge is 2.10. The van der Waals surface area contributed by atoms with Gasteiger partial charge in [-0.05, 0) is 30.3 Å². The van der Waals surface area contributed by atoms with Crippen LogP contribution >= 0.6 is 0 Å². The van der Waals surface area contributed by atoms with Crippen molar-refractivity contribution in [1.29, 1.82) is 0 Å². The van der Waals surface area contributed by atoms with Crippen LogP contribution < -0.4 is 25.4 Å². The van der Waals surface area contributed by atoms with E-state index in [0.29, 0.717) is 28.4 Å². The molecule has 0 spiro atoms. The minimum atomic E-state index is -0.253. The molecule has 0 heterocycles. The summed E-state index contributed by atoms with van der Waals surface area (Å²) in [5.74, 6) is 0.712. The van der Waals surface area contributed by atoms with E-state index in [-0.39, 0.29) is 18.4 Å². The maximum Gasteiger partial charge on any atom is 0.251 e. The molecule has 3 N–H and O–H groups in total. The Morgan fingerprint density at radius 1 is 1.04 bits per heavy atom. The summed E-state index contributed by atoms with van der Waals surface area (Å²) in [4.78, 5) is 23.8. The molecule has 0 unspecified atom stereocenters. The molecular weight excluding hydrogens is 322 g/mol. The maximum atomic E-state index is 12.2. The number of hydrogen-bond acceptors (Lipinski definition) is 5. The first-order valence-corrected chi connectivity index (χ1v) is 7.65. The standard InChI is InChI=1S/C18H21N3O4/c1-19-18(23)12-5-4-6-13(9-12)20-11-17(22)21-15-10-14(24-2)7-8-16(15)25-3/h4-10,20H,11H2,1-3H3,(H,19,23)(H,21,22). The molecule has 0 aromatic heterocycles. The monoisotopic (exact) mass is 343 g/mol. The van der Waals surface area contributed by atoms with Crippen molar-refractivity contribution in [2.24, 2.45) is 0 Å². The van der Waals surface area contributed by atoms with Gasteiger partial charge in [-0.1, -0.05) is 6.07 Å². The van der Waals surface area contributed by atoms with Gasteiger partial charge in [0.1, 0.15) is 11.5 Å². The molecule has 0 radical (unpaired) electrons. The van der Waals surface area contributed by atoms with Crippen LogP contribution in [0, 0.1) is 0 Å². The Hall–Kier alpha value is -3.22. The van der Waals surface area contributed by atoms with Gasteiger partial charge in [0.25, 0.3) is 5.91 Å². The van der Waals surface area contributed by atoms with E-state index in [9.17, 15) is 9.59 Å². The van der Waals surface area contributed by atoms with Crippen LogP contribution in [0.3, 0.4) is 0 Å². The number of anilines is 2. The molecule has 0 saturated carbocycles. The summed E-state index contributed by atoms with van der Waals surface area (Å²) >= 11 is 0. The molecule has 0 saturated heterocycles. The van der Waals surface area contributed by atoms with Crippen LogP contribution in [-0.2, 0) is 4.79 Å². The average Bonchev–Trinajstić information content (AvgIpc) is 2.65. The summed E-state index contributed by atoms with van der Waals surface area (Å²) in [7, 11) is 4.64. The number of carbonyl (C=O) groups is 2. The van der Waals surface area contributed by atoms with Gasteiger partial charge < -0.3 is 25.4 Å². The van der Waals surface area contributed by atoms with Gasteiger partial charge in [0.2, 0.25) is 5.91 Å². The molecule has 7 heteroatoms. The van der Waals surface area contributed by atoms with E-state index in [2.05, 4.69) is 16.0 Å². The third-order valence-corrected chi connectivity index (χ3v) is 3.49. The van der Waals surface area contributed by atoms with Crippen molar-refractivity contribution in [1.82, 2.24) is 5.32 Å². The fourth-order valence-corrected chi connectivity index (χ4v) is 2.20. The van der Waals surface area contributed by atoms with Crippen molar-refractivity contribution in [3.05, 3.63) is 48.0 Å². The van der Waals surface area contributed by atoms with Gasteiger partial charge in [-0.2, -0.15) is 0 Å². The lowest BCUT2D eigenvalue weighted by atomic mass is 10.2. The smallest absolute Gasteiger partial charge is 0.251 e. The predicted octanol–water partition coefficient (Wildman–Crippen LogP) is 2.11. The second-order valence-corrected chi connectivity index (χ2v) is 5.13. The van der Waals surface area contributed by atoms with E-state index in [1.165, 1.54) is 7.11 Å². The van der Waals surface area contributed by atoms with Crippen LogP contribution in [0.1, 0.15) is 10.4 Å². The fraction of sp³-hybridized carbons (Fsp3) is 0.222. The Morgan fingerprint density at radius 3 is 2.52 bits per heavy atom. The van der Waals surface area contributed by atoms with Crippen molar-refractivity contribution in [2.45, 2.75) is 0 Å². The van der Waals surface area contributed by atoms with Gasteiger partial charge in [-0.3, -0.25) is 9.59 Å². The number of carbonyl (C=O) groups excluding carboxylic acids is 2. The van der Waals surface area contributed by atoms with E-state index < -0.39 is 0 Å². The highest BCUT2D eigenvalue weighted by Crippen LogP contribution is 2.28. The maximum absolute atomic E-state index is 12.2. The molecule has 2 aromatic rings. The second-order valence-electron chi connectivity index (χ2n) is 5.13. The van der Waals surface area contributed by atoms with Crippen LogP contribution in [0.4, 0.5) is 11.4 Å². The molecule has 2 rings (SSSR count). The number of methoxy groups -OCH3 is 2. The number of ether oxygens (including phenoxy) is 2. The molecule has 25 heavy (non-hydrogen) atoms. The van der Waals surface area contributed by atoms with Crippen LogP contribution in [0.5, 0.6) is 11.5 Å². The topological polar surface area (TPSA) is 88.7 Å². The zero-order valence-corrected chi connectivity index (χ0v) is 14.4. The summed E-state index contributed by atoms with van der Waals surface area (Å²) < 4.78 is 10.4. The number of hydrogen-bond donors (Lipinski definition) is 3. The minimum Gasteiger partial charge on any atom is -0.497 e. The lowest BCUT2D eigenvalue weighted by Crippen LogP contribution is -2.22. The fourth-order valence-electron chi connectivity index (χ4n) is 2.20. The third-order valence-electron chi connectivity index (χ3n) is 3.49. The summed E-state index contributed by atoms with van der Waals surface area (Å²) in [6.45, 7) is 0.0392. The molecule has 2 amide bonds. The highest BCUT2D eigenvalue weighted by atomic mass is 16.5. The van der Waals surface area contributed by atoms with Crippen molar-refractivity contribution in [3.63, 3.8) is 0 Å². The molecule has 0 aliphatic heterocycles. The number of amides is 2. The van der Waals surface area contributed by atoms with E-state index in [1.807, 2.05) is 0 Å². The van der Waals surface area contributed by atoms with E-state index >= 15 is 0 Å². The lowest BCUT2D eigenvalue weighted by molar-refractivity contribution is -0.114. The van der Waals surface area contributed by atoms with E-state index in [0.717, 1.165) is 0 Å². The van der Waals surface area contributed by atoms with Crippen LogP contribution in [-0.4, -0.2) is 39.6 Å². The predicted molar refractivity (Wildman–Crippen MR) is 96.5 cm³/mol. The molecule has 0 aliphatic rings. The number of benzene rings is 2. The minimum absolute atomic E-state index is 0.0392. The van der Waals surface area contributed by atoms with Gasteiger partial charge in [0.15, 0.2) is 0 Å². The van der Waals surface area contributed by atoms with Gasteiger partial charge in [0, 0.05) is 24.4 Å². The number of rotatable bonds is 7. The van der Waals surface area contributed by atoms with Crippen molar-refractivity contribution in [3.8, 4) is 11.5 Å². The van der Waals surface area contributed by atoms with Gasteiger partial charge in [0.05, 0.1) is 26.5 Å². The molecule has 0 aliphatic carbocycles. The normalized spacial score (nSPS) is 9.88. The summed E-state index contributed by atoms with van der Waals surface area (Å²) in [6, 6.07) is 12.1. The molecular formula is C18H21N3O4. The Morgan fingerprint density at radius 2 is 1.84 bits per heavy atom. The molecule has 0 atom stereocenters. The van der Waals surface area contributed by atoms with Crippen LogP contribution in [0.2, 0.25) is 0 Å². The summed E-state index contributed by atoms with van der Waals surface area (Å²) in [6.07, 6.45) is 0. The second kappa shape index (κ2) is 8.58. The molecule has 132 valence electrons. The average molecular weight is 343 g/mol. The summed E-state index contributed by atoms with van der Waals surface area (Å²) in [5, 5.41) is 8.31. The SMILES string of the molecule is CNC(=O)c1cccc(NCC(=O)Nc2cc(OC)ccc2OC)c1. The third kappa shape index (κ3) is 4.87. The van der Waals surface area contributed by atoms with Gasteiger partial charge in [-0.15, -0.1) is 0 Å². The van der Waals surface area contributed by atoms with Crippen LogP contribution in [0.25, 0.3) is 0 Å². The highest BCUT2D eigenvalue weighted by molar-refractivity contribution is 5.96. The first-order valence-electron chi connectivity index (χ1n) is 7.65. The first kappa shape index (κ1) is 18.1. The Labute approximate surface area is 146 Å². The number of nitrogens with one attached hydrogen (secondary N) is 3. The first-order chi connectivity index (χ1) is 12.1. The zero-order chi connectivity index (χ0) is 18.2. The molecule has 2 aromatic carbocycles. The summed E-state index contributed by atoms with van der Waals surface area (Å²) in [5.41, 5.74) is 1.71. The Kier molecular flexibility index (Phi) is 6.22. The van der Waals surface area contributed by atoms with Crippen molar-refractivity contribution in [2.75, 3.05) is 38.4 Å². The zero-order valence-electron chi connectivity index (χ0n) is 14.4. The quantitative estimate of drug-likeness (QED) is 0.717. The van der Waals surface area contributed by atoms with E-state index in [1.54, 1.807) is 56.6 Å². The van der Waals surface area contributed by atoms with Crippen LogP contribution in [0.15, 0.2) is 42.5 Å². The van der Waals surface area contributed by atoms with Crippen molar-refractivity contribution >= 4 is 23.2 Å². The van der Waals surface area contributed by atoms with Gasteiger partial charge >= 0.3 is 0 Å². The van der Waals surface area contributed by atoms with Crippen molar-refractivity contribution < 1.29 is 19.1 Å². The van der Waals surface area contributed by atoms with Gasteiger partial charge in [-0.25, -0.2) is 0 Å².